The average molecular weight is 208 g/mol. The molecule has 0 unspecified atom stereocenters. The van der Waals surface area contributed by atoms with Gasteiger partial charge in [0.2, 0.25) is 0 Å². The van der Waals surface area contributed by atoms with Gasteiger partial charge in [-0.3, -0.25) is 0 Å². The predicted octanol–water partition coefficient (Wildman–Crippen LogP) is 2.89. The first kappa shape index (κ1) is 9.15. The zero-order valence-corrected chi connectivity index (χ0v) is 8.22. The highest BCUT2D eigenvalue weighted by molar-refractivity contribution is 7.07. The summed E-state index contributed by atoms with van der Waals surface area (Å²) >= 11 is 1.62. The summed E-state index contributed by atoms with van der Waals surface area (Å²) in [5.41, 5.74) is 1.14. The van der Waals surface area contributed by atoms with E-state index in [0.29, 0.717) is 12.4 Å². The quantitative estimate of drug-likeness (QED) is 0.838. The van der Waals surface area contributed by atoms with Crippen molar-refractivity contribution in [2.24, 2.45) is 0 Å². The predicted molar refractivity (Wildman–Crippen MR) is 55.8 cm³/mol. The van der Waals surface area contributed by atoms with E-state index in [1.165, 1.54) is 6.07 Å². The Kier molecular flexibility index (Phi) is 2.74. The Morgan fingerprint density at radius 2 is 2.36 bits per heavy atom. The molecule has 0 saturated carbocycles. The number of thiophene rings is 1. The Morgan fingerprint density at radius 3 is 3.07 bits per heavy atom. The molecular formula is C10H9FN2S. The normalized spacial score (nSPS) is 10.1. The third kappa shape index (κ3) is 2.09. The van der Waals surface area contributed by atoms with Gasteiger partial charge in [0, 0.05) is 12.7 Å². The first-order valence-corrected chi connectivity index (χ1v) is 5.16. The van der Waals surface area contributed by atoms with Crippen molar-refractivity contribution in [3.8, 4) is 0 Å². The van der Waals surface area contributed by atoms with Gasteiger partial charge < -0.3 is 5.32 Å². The van der Waals surface area contributed by atoms with Crippen molar-refractivity contribution in [2.45, 2.75) is 6.54 Å². The van der Waals surface area contributed by atoms with E-state index in [-0.39, 0.29) is 5.82 Å². The van der Waals surface area contributed by atoms with Gasteiger partial charge in [0.1, 0.15) is 0 Å². The lowest BCUT2D eigenvalue weighted by molar-refractivity contribution is 0.624. The second kappa shape index (κ2) is 4.19. The molecule has 0 saturated heterocycles. The van der Waals surface area contributed by atoms with E-state index in [1.54, 1.807) is 23.6 Å². The molecule has 14 heavy (non-hydrogen) atoms. The van der Waals surface area contributed by atoms with Crippen LogP contribution in [0, 0.1) is 5.82 Å². The van der Waals surface area contributed by atoms with Gasteiger partial charge in [-0.2, -0.15) is 11.3 Å². The highest BCUT2D eigenvalue weighted by Crippen LogP contribution is 2.11. The fourth-order valence-electron chi connectivity index (χ4n) is 1.09. The SMILES string of the molecule is Fc1cccnc1NCc1ccsc1. The molecule has 2 rings (SSSR count). The molecular weight excluding hydrogens is 199 g/mol. The molecule has 0 aliphatic rings. The van der Waals surface area contributed by atoms with Gasteiger partial charge >= 0.3 is 0 Å². The van der Waals surface area contributed by atoms with E-state index < -0.39 is 0 Å². The van der Waals surface area contributed by atoms with Crippen molar-refractivity contribution in [3.05, 3.63) is 46.5 Å². The number of nitrogens with zero attached hydrogens (tertiary/aromatic N) is 1. The molecule has 1 N–H and O–H groups in total. The maximum absolute atomic E-state index is 13.1. The summed E-state index contributed by atoms with van der Waals surface area (Å²) in [7, 11) is 0. The van der Waals surface area contributed by atoms with Crippen molar-refractivity contribution < 1.29 is 4.39 Å². The van der Waals surface area contributed by atoms with E-state index in [4.69, 9.17) is 0 Å². The molecule has 0 radical (unpaired) electrons. The molecule has 4 heteroatoms. The highest BCUT2D eigenvalue weighted by atomic mass is 32.1. The second-order valence-corrected chi connectivity index (χ2v) is 3.60. The van der Waals surface area contributed by atoms with Gasteiger partial charge in [0.05, 0.1) is 0 Å². The largest absolute Gasteiger partial charge is 0.364 e. The van der Waals surface area contributed by atoms with Crippen molar-refractivity contribution in [3.63, 3.8) is 0 Å². The Morgan fingerprint density at radius 1 is 1.43 bits per heavy atom. The molecule has 2 aromatic rings. The Labute approximate surface area is 85.4 Å². The first-order chi connectivity index (χ1) is 6.86. The molecule has 0 aromatic carbocycles. The smallest absolute Gasteiger partial charge is 0.165 e. The van der Waals surface area contributed by atoms with Gasteiger partial charge in [0.25, 0.3) is 0 Å². The number of halogens is 1. The van der Waals surface area contributed by atoms with Crippen LogP contribution in [0.5, 0.6) is 0 Å². The molecule has 0 bridgehead atoms. The maximum Gasteiger partial charge on any atom is 0.165 e. The number of aromatic nitrogens is 1. The number of nitrogens with one attached hydrogen (secondary N) is 1. The van der Waals surface area contributed by atoms with E-state index in [1.807, 2.05) is 16.8 Å². The third-order valence-electron chi connectivity index (χ3n) is 1.80. The maximum atomic E-state index is 13.1. The molecule has 0 spiro atoms. The Hall–Kier alpha value is -1.42. The van der Waals surface area contributed by atoms with Gasteiger partial charge in [-0.15, -0.1) is 0 Å². The monoisotopic (exact) mass is 208 g/mol. The van der Waals surface area contributed by atoms with Crippen molar-refractivity contribution >= 4 is 17.2 Å². The minimum Gasteiger partial charge on any atom is -0.364 e. The van der Waals surface area contributed by atoms with E-state index >= 15 is 0 Å². The standard InChI is InChI=1S/C10H9FN2S/c11-9-2-1-4-12-10(9)13-6-8-3-5-14-7-8/h1-5,7H,6H2,(H,12,13). The van der Waals surface area contributed by atoms with Crippen LogP contribution in [0.4, 0.5) is 10.2 Å². The lowest BCUT2D eigenvalue weighted by atomic mass is 10.3. The van der Waals surface area contributed by atoms with E-state index in [9.17, 15) is 4.39 Å². The lowest BCUT2D eigenvalue weighted by Crippen LogP contribution is -2.02. The zero-order chi connectivity index (χ0) is 9.80. The van der Waals surface area contributed by atoms with Crippen molar-refractivity contribution in [1.82, 2.24) is 4.98 Å². The molecule has 2 heterocycles. The van der Waals surface area contributed by atoms with Crippen LogP contribution in [0.2, 0.25) is 0 Å². The summed E-state index contributed by atoms with van der Waals surface area (Å²) in [6.45, 7) is 0.609. The average Bonchev–Trinajstić information content (AvgIpc) is 2.69. The molecule has 2 nitrogen and oxygen atoms in total. The Bertz CT molecular complexity index is 400. The molecule has 0 fully saturated rings. The molecule has 2 aromatic heterocycles. The minimum absolute atomic E-state index is 0.304. The molecule has 0 aliphatic heterocycles. The van der Waals surface area contributed by atoms with Crippen LogP contribution in [0.15, 0.2) is 35.2 Å². The number of rotatable bonds is 3. The molecule has 0 atom stereocenters. The van der Waals surface area contributed by atoms with Gasteiger partial charge in [-0.1, -0.05) is 0 Å². The fourth-order valence-corrected chi connectivity index (χ4v) is 1.76. The number of anilines is 1. The van der Waals surface area contributed by atoms with Crippen LogP contribution < -0.4 is 5.32 Å². The molecule has 72 valence electrons. The number of pyridine rings is 1. The van der Waals surface area contributed by atoms with Crippen LogP contribution in [-0.2, 0) is 6.54 Å². The second-order valence-electron chi connectivity index (χ2n) is 2.82. The summed E-state index contributed by atoms with van der Waals surface area (Å²) in [5.74, 6) is -0.0126. The summed E-state index contributed by atoms with van der Waals surface area (Å²) in [5, 5.41) is 6.95. The molecule has 0 amide bonds. The lowest BCUT2D eigenvalue weighted by Gasteiger charge is -2.03. The first-order valence-electron chi connectivity index (χ1n) is 4.22. The van der Waals surface area contributed by atoms with Crippen molar-refractivity contribution in [1.29, 1.82) is 0 Å². The number of hydrogen-bond donors (Lipinski definition) is 1. The zero-order valence-electron chi connectivity index (χ0n) is 7.40. The van der Waals surface area contributed by atoms with Gasteiger partial charge in [-0.05, 0) is 34.5 Å². The van der Waals surface area contributed by atoms with Crippen LogP contribution >= 0.6 is 11.3 Å². The topological polar surface area (TPSA) is 24.9 Å². The van der Waals surface area contributed by atoms with Gasteiger partial charge in [-0.25, -0.2) is 9.37 Å². The highest BCUT2D eigenvalue weighted by Gasteiger charge is 2.00. The van der Waals surface area contributed by atoms with E-state index in [0.717, 1.165) is 5.56 Å². The van der Waals surface area contributed by atoms with E-state index in [2.05, 4.69) is 10.3 Å². The van der Waals surface area contributed by atoms with Crippen LogP contribution in [0.25, 0.3) is 0 Å². The van der Waals surface area contributed by atoms with Crippen LogP contribution in [0.3, 0.4) is 0 Å². The van der Waals surface area contributed by atoms with Crippen LogP contribution in [0.1, 0.15) is 5.56 Å². The van der Waals surface area contributed by atoms with Crippen LogP contribution in [-0.4, -0.2) is 4.98 Å². The summed E-state index contributed by atoms with van der Waals surface area (Å²) in [4.78, 5) is 3.90. The third-order valence-corrected chi connectivity index (χ3v) is 2.53. The Balaban J connectivity index is 2.02. The minimum atomic E-state index is -0.317. The number of hydrogen-bond acceptors (Lipinski definition) is 3. The van der Waals surface area contributed by atoms with Gasteiger partial charge in [0.15, 0.2) is 11.6 Å². The fraction of sp³-hybridized carbons (Fsp3) is 0.100. The summed E-state index contributed by atoms with van der Waals surface area (Å²) < 4.78 is 13.1. The van der Waals surface area contributed by atoms with Crippen molar-refractivity contribution in [2.75, 3.05) is 5.32 Å². The summed E-state index contributed by atoms with van der Waals surface area (Å²) in [6.07, 6.45) is 1.57. The molecule has 0 aliphatic carbocycles. The summed E-state index contributed by atoms with van der Waals surface area (Å²) in [6, 6.07) is 4.96.